The highest BCUT2D eigenvalue weighted by atomic mass is 15.3. The van der Waals surface area contributed by atoms with Crippen LogP contribution in [0.15, 0.2) is 91.0 Å². The Bertz CT molecular complexity index is 773. The first kappa shape index (κ1) is 18.6. The first-order valence-electron chi connectivity index (χ1n) is 10.3. The fourth-order valence-corrected chi connectivity index (χ4v) is 3.94. The summed E-state index contributed by atoms with van der Waals surface area (Å²) in [5, 5.41) is 0. The molecule has 1 saturated heterocycles. The molecule has 28 heavy (non-hydrogen) atoms. The van der Waals surface area contributed by atoms with Crippen LogP contribution in [-0.2, 0) is 0 Å². The van der Waals surface area contributed by atoms with E-state index in [1.165, 1.54) is 17.1 Å². The number of benzene rings is 3. The topological polar surface area (TPSA) is 9.72 Å². The van der Waals surface area contributed by atoms with Crippen LogP contribution in [0.1, 0.15) is 6.42 Å². The first-order chi connectivity index (χ1) is 13.9. The standard InChI is InChI=1S/C25H29N3/c1-4-11-23(12-5-1)27-21-19-26(20-22-27)17-10-18-28(24-13-6-2-7-14-24)25-15-8-3-9-16-25/h1-9,11-16H,10,17-22H2. The molecule has 1 fully saturated rings. The van der Waals surface area contributed by atoms with E-state index in [0.29, 0.717) is 0 Å². The maximum absolute atomic E-state index is 2.60. The molecule has 1 aliphatic rings. The minimum Gasteiger partial charge on any atom is -0.369 e. The third-order valence-corrected chi connectivity index (χ3v) is 5.49. The molecule has 3 nitrogen and oxygen atoms in total. The Balaban J connectivity index is 1.31. The van der Waals surface area contributed by atoms with E-state index in [2.05, 4.69) is 106 Å². The predicted octanol–water partition coefficient (Wildman–Crippen LogP) is 5.04. The fourth-order valence-electron chi connectivity index (χ4n) is 3.94. The molecule has 1 aliphatic heterocycles. The van der Waals surface area contributed by atoms with Crippen molar-refractivity contribution in [2.24, 2.45) is 0 Å². The second-order valence-corrected chi connectivity index (χ2v) is 7.34. The van der Waals surface area contributed by atoms with Gasteiger partial charge in [0, 0.05) is 49.8 Å². The smallest absolute Gasteiger partial charge is 0.0410 e. The summed E-state index contributed by atoms with van der Waals surface area (Å²) >= 11 is 0. The highest BCUT2D eigenvalue weighted by molar-refractivity contribution is 5.62. The molecule has 0 saturated carbocycles. The van der Waals surface area contributed by atoms with Crippen molar-refractivity contribution >= 4 is 17.1 Å². The van der Waals surface area contributed by atoms with Crippen LogP contribution in [-0.4, -0.2) is 44.2 Å². The van der Waals surface area contributed by atoms with Gasteiger partial charge in [0.25, 0.3) is 0 Å². The van der Waals surface area contributed by atoms with Gasteiger partial charge in [0.15, 0.2) is 0 Å². The molecule has 144 valence electrons. The molecule has 0 amide bonds. The third kappa shape index (κ3) is 4.73. The molecule has 0 bridgehead atoms. The second-order valence-electron chi connectivity index (χ2n) is 7.34. The molecule has 4 rings (SSSR count). The van der Waals surface area contributed by atoms with Crippen molar-refractivity contribution in [3.63, 3.8) is 0 Å². The van der Waals surface area contributed by atoms with Gasteiger partial charge in [0.2, 0.25) is 0 Å². The van der Waals surface area contributed by atoms with Crippen molar-refractivity contribution in [3.05, 3.63) is 91.0 Å². The van der Waals surface area contributed by atoms with Crippen LogP contribution in [0.5, 0.6) is 0 Å². The Kier molecular flexibility index (Phi) is 6.25. The quantitative estimate of drug-likeness (QED) is 0.576. The molecular formula is C25H29N3. The minimum absolute atomic E-state index is 1.03. The maximum Gasteiger partial charge on any atom is 0.0410 e. The van der Waals surface area contributed by atoms with E-state index in [4.69, 9.17) is 0 Å². The normalized spacial score (nSPS) is 14.8. The lowest BCUT2D eigenvalue weighted by atomic mass is 10.2. The van der Waals surface area contributed by atoms with Gasteiger partial charge in [-0.3, -0.25) is 4.90 Å². The van der Waals surface area contributed by atoms with Gasteiger partial charge in [0.05, 0.1) is 0 Å². The van der Waals surface area contributed by atoms with Crippen molar-refractivity contribution in [2.75, 3.05) is 49.1 Å². The average Bonchev–Trinajstić information content (AvgIpc) is 2.79. The zero-order valence-electron chi connectivity index (χ0n) is 16.5. The van der Waals surface area contributed by atoms with Gasteiger partial charge >= 0.3 is 0 Å². The van der Waals surface area contributed by atoms with Crippen LogP contribution < -0.4 is 9.80 Å². The molecule has 0 radical (unpaired) electrons. The summed E-state index contributed by atoms with van der Waals surface area (Å²) in [4.78, 5) is 7.53. The molecule has 0 atom stereocenters. The predicted molar refractivity (Wildman–Crippen MR) is 120 cm³/mol. The highest BCUT2D eigenvalue weighted by Crippen LogP contribution is 2.25. The van der Waals surface area contributed by atoms with Crippen molar-refractivity contribution in [2.45, 2.75) is 6.42 Å². The van der Waals surface area contributed by atoms with Gasteiger partial charge in [-0.25, -0.2) is 0 Å². The van der Waals surface area contributed by atoms with E-state index in [0.717, 1.165) is 45.7 Å². The van der Waals surface area contributed by atoms with E-state index < -0.39 is 0 Å². The van der Waals surface area contributed by atoms with Gasteiger partial charge in [-0.05, 0) is 49.4 Å². The zero-order valence-corrected chi connectivity index (χ0v) is 16.5. The molecule has 0 aliphatic carbocycles. The number of nitrogens with zero attached hydrogens (tertiary/aromatic N) is 3. The van der Waals surface area contributed by atoms with Gasteiger partial charge in [-0.1, -0.05) is 54.6 Å². The largest absolute Gasteiger partial charge is 0.369 e. The monoisotopic (exact) mass is 371 g/mol. The molecule has 0 unspecified atom stereocenters. The number of para-hydroxylation sites is 3. The molecule has 0 N–H and O–H groups in total. The molecule has 3 heteroatoms. The van der Waals surface area contributed by atoms with Crippen LogP contribution in [0, 0.1) is 0 Å². The van der Waals surface area contributed by atoms with Crippen molar-refractivity contribution in [1.82, 2.24) is 4.90 Å². The Morgan fingerprint density at radius 3 is 1.64 bits per heavy atom. The molecule has 3 aromatic rings. The Labute approximate surface area is 168 Å². The van der Waals surface area contributed by atoms with Gasteiger partial charge in [0.1, 0.15) is 0 Å². The summed E-state index contributed by atoms with van der Waals surface area (Å²) in [6.45, 7) is 6.71. The van der Waals surface area contributed by atoms with E-state index in [1.807, 2.05) is 0 Å². The summed E-state index contributed by atoms with van der Waals surface area (Å²) in [5.74, 6) is 0. The minimum atomic E-state index is 1.03. The average molecular weight is 372 g/mol. The Hall–Kier alpha value is -2.78. The molecule has 1 heterocycles. The van der Waals surface area contributed by atoms with Gasteiger partial charge in [-0.2, -0.15) is 0 Å². The van der Waals surface area contributed by atoms with E-state index in [1.54, 1.807) is 0 Å². The number of hydrogen-bond acceptors (Lipinski definition) is 3. The van der Waals surface area contributed by atoms with Crippen LogP contribution in [0.2, 0.25) is 0 Å². The molecule has 0 spiro atoms. The van der Waals surface area contributed by atoms with Crippen LogP contribution in [0.3, 0.4) is 0 Å². The summed E-state index contributed by atoms with van der Waals surface area (Å²) in [6.07, 6.45) is 1.16. The van der Waals surface area contributed by atoms with Gasteiger partial charge in [-0.15, -0.1) is 0 Å². The summed E-state index contributed by atoms with van der Waals surface area (Å²) in [5.41, 5.74) is 3.88. The van der Waals surface area contributed by atoms with Crippen LogP contribution in [0.4, 0.5) is 17.1 Å². The number of piperazine rings is 1. The lowest BCUT2D eigenvalue weighted by Gasteiger charge is -2.36. The van der Waals surface area contributed by atoms with Crippen LogP contribution >= 0.6 is 0 Å². The zero-order chi connectivity index (χ0) is 19.0. The first-order valence-corrected chi connectivity index (χ1v) is 10.3. The molecular weight excluding hydrogens is 342 g/mol. The van der Waals surface area contributed by atoms with E-state index >= 15 is 0 Å². The summed E-state index contributed by atoms with van der Waals surface area (Å²) < 4.78 is 0. The second kappa shape index (κ2) is 9.43. The van der Waals surface area contributed by atoms with E-state index in [-0.39, 0.29) is 0 Å². The lowest BCUT2D eigenvalue weighted by molar-refractivity contribution is 0.256. The number of anilines is 3. The highest BCUT2D eigenvalue weighted by Gasteiger charge is 2.17. The Morgan fingerprint density at radius 1 is 0.607 bits per heavy atom. The van der Waals surface area contributed by atoms with Gasteiger partial charge < -0.3 is 9.80 Å². The van der Waals surface area contributed by atoms with Crippen molar-refractivity contribution in [1.29, 1.82) is 0 Å². The molecule has 3 aromatic carbocycles. The van der Waals surface area contributed by atoms with Crippen LogP contribution in [0.25, 0.3) is 0 Å². The number of hydrogen-bond donors (Lipinski definition) is 0. The van der Waals surface area contributed by atoms with Crippen molar-refractivity contribution in [3.8, 4) is 0 Å². The SMILES string of the molecule is c1ccc(N2CCN(CCCN(c3ccccc3)c3ccccc3)CC2)cc1. The maximum atomic E-state index is 2.60. The summed E-state index contributed by atoms with van der Waals surface area (Å²) in [7, 11) is 0. The third-order valence-electron chi connectivity index (χ3n) is 5.49. The summed E-state index contributed by atoms with van der Waals surface area (Å²) in [6, 6.07) is 32.2. The van der Waals surface area contributed by atoms with Crippen molar-refractivity contribution < 1.29 is 0 Å². The lowest BCUT2D eigenvalue weighted by Crippen LogP contribution is -2.47. The van der Waals surface area contributed by atoms with E-state index in [9.17, 15) is 0 Å². The number of rotatable bonds is 7. The Morgan fingerprint density at radius 2 is 1.11 bits per heavy atom. The molecule has 0 aromatic heterocycles. The fraction of sp³-hybridized carbons (Fsp3) is 0.280.